The van der Waals surface area contributed by atoms with Gasteiger partial charge in [0.2, 0.25) is 0 Å². The lowest BCUT2D eigenvalue weighted by Crippen LogP contribution is -2.35. The highest BCUT2D eigenvalue weighted by atomic mass is 35.5. The van der Waals surface area contributed by atoms with E-state index in [-0.39, 0.29) is 24.4 Å². The predicted molar refractivity (Wildman–Crippen MR) is 104 cm³/mol. The van der Waals surface area contributed by atoms with Crippen LogP contribution in [-0.4, -0.2) is 29.6 Å². The molecule has 1 N–H and O–H groups in total. The van der Waals surface area contributed by atoms with E-state index in [9.17, 15) is 5.11 Å². The van der Waals surface area contributed by atoms with Crippen LogP contribution in [0.1, 0.15) is 37.9 Å². The van der Waals surface area contributed by atoms with E-state index in [0.29, 0.717) is 0 Å². The second-order valence-corrected chi connectivity index (χ2v) is 6.77. The van der Waals surface area contributed by atoms with Gasteiger partial charge in [-0.25, -0.2) is 0 Å². The van der Waals surface area contributed by atoms with Crippen molar-refractivity contribution < 1.29 is 5.11 Å². The van der Waals surface area contributed by atoms with Crippen molar-refractivity contribution in [2.75, 3.05) is 19.6 Å². The largest absolute Gasteiger partial charge is 0.388 e. The van der Waals surface area contributed by atoms with E-state index in [0.717, 1.165) is 12.1 Å². The van der Waals surface area contributed by atoms with Gasteiger partial charge in [-0.1, -0.05) is 67.9 Å². The number of likely N-dealkylation sites (tertiary alicyclic amines) is 1. The van der Waals surface area contributed by atoms with Crippen molar-refractivity contribution in [1.82, 2.24) is 4.90 Å². The summed E-state index contributed by atoms with van der Waals surface area (Å²) in [4.78, 5) is 2.50. The first kappa shape index (κ1) is 19.0. The maximum atomic E-state index is 10.7. The van der Waals surface area contributed by atoms with Gasteiger partial charge in [0, 0.05) is 6.54 Å². The predicted octanol–water partition coefficient (Wildman–Crippen LogP) is 4.93. The molecule has 2 aromatic carbocycles. The van der Waals surface area contributed by atoms with E-state index in [4.69, 9.17) is 0 Å². The van der Waals surface area contributed by atoms with Crippen LogP contribution in [0.4, 0.5) is 0 Å². The molecule has 3 rings (SSSR count). The monoisotopic (exact) mass is 345 g/mol. The van der Waals surface area contributed by atoms with Crippen LogP contribution in [0.5, 0.6) is 0 Å². The zero-order valence-corrected chi connectivity index (χ0v) is 15.2. The Bertz CT molecular complexity index is 593. The van der Waals surface area contributed by atoms with Gasteiger partial charge in [-0.15, -0.1) is 12.4 Å². The number of nitrogens with zero attached hydrogens (tertiary/aromatic N) is 1. The Hall–Kier alpha value is -1.35. The molecule has 1 saturated heterocycles. The average molecular weight is 346 g/mol. The van der Waals surface area contributed by atoms with Gasteiger partial charge in [0.1, 0.15) is 0 Å². The number of aliphatic hydroxyl groups excluding tert-OH is 1. The van der Waals surface area contributed by atoms with Gasteiger partial charge >= 0.3 is 0 Å². The van der Waals surface area contributed by atoms with Gasteiger partial charge in [-0.2, -0.15) is 0 Å². The molecule has 130 valence electrons. The molecular formula is C21H28ClNO. The lowest BCUT2D eigenvalue weighted by atomic mass is 9.94. The van der Waals surface area contributed by atoms with E-state index in [1.165, 1.54) is 43.5 Å². The molecule has 0 unspecified atom stereocenters. The van der Waals surface area contributed by atoms with E-state index in [1.54, 1.807) is 0 Å². The van der Waals surface area contributed by atoms with E-state index >= 15 is 0 Å². The SMILES string of the molecule is C[C@H](CN1CCCCC1)[C@@H](O)c1ccc(-c2ccccc2)cc1.Cl. The quantitative estimate of drug-likeness (QED) is 0.830. The Morgan fingerprint density at radius 1 is 0.875 bits per heavy atom. The highest BCUT2D eigenvalue weighted by Crippen LogP contribution is 2.26. The molecule has 0 aromatic heterocycles. The van der Waals surface area contributed by atoms with Gasteiger partial charge in [-0.3, -0.25) is 0 Å². The Balaban J connectivity index is 0.00000208. The van der Waals surface area contributed by atoms with Crippen molar-refractivity contribution in [3.8, 4) is 11.1 Å². The van der Waals surface area contributed by atoms with Crippen molar-refractivity contribution in [2.24, 2.45) is 5.92 Å². The van der Waals surface area contributed by atoms with Crippen LogP contribution in [0.25, 0.3) is 11.1 Å². The molecule has 1 fully saturated rings. The minimum Gasteiger partial charge on any atom is -0.388 e. The molecule has 1 aliphatic rings. The lowest BCUT2D eigenvalue weighted by molar-refractivity contribution is 0.0820. The first-order chi connectivity index (χ1) is 11.2. The second kappa shape index (κ2) is 9.22. The smallest absolute Gasteiger partial charge is 0.0827 e. The fraction of sp³-hybridized carbons (Fsp3) is 0.429. The molecule has 0 spiro atoms. The number of halogens is 1. The van der Waals surface area contributed by atoms with E-state index < -0.39 is 0 Å². The van der Waals surface area contributed by atoms with Crippen LogP contribution in [0.15, 0.2) is 54.6 Å². The Labute approximate surface area is 151 Å². The first-order valence-corrected chi connectivity index (χ1v) is 8.80. The minimum atomic E-state index is -0.387. The molecule has 2 aromatic rings. The van der Waals surface area contributed by atoms with Crippen LogP contribution in [-0.2, 0) is 0 Å². The zero-order chi connectivity index (χ0) is 16.1. The molecule has 0 amide bonds. The fourth-order valence-corrected chi connectivity index (χ4v) is 3.48. The highest BCUT2D eigenvalue weighted by molar-refractivity contribution is 5.85. The van der Waals surface area contributed by atoms with Gasteiger partial charge in [0.15, 0.2) is 0 Å². The summed E-state index contributed by atoms with van der Waals surface area (Å²) < 4.78 is 0. The van der Waals surface area contributed by atoms with Crippen LogP contribution in [0, 0.1) is 5.92 Å². The third-order valence-corrected chi connectivity index (χ3v) is 4.89. The third-order valence-electron chi connectivity index (χ3n) is 4.89. The molecule has 0 bridgehead atoms. The Kier molecular flexibility index (Phi) is 7.29. The van der Waals surface area contributed by atoms with E-state index in [2.05, 4.69) is 60.4 Å². The maximum Gasteiger partial charge on any atom is 0.0827 e. The van der Waals surface area contributed by atoms with Crippen molar-refractivity contribution in [3.05, 3.63) is 60.2 Å². The maximum absolute atomic E-state index is 10.7. The van der Waals surface area contributed by atoms with Gasteiger partial charge in [-0.05, 0) is 48.5 Å². The summed E-state index contributed by atoms with van der Waals surface area (Å²) in [5.41, 5.74) is 3.44. The number of hydrogen-bond acceptors (Lipinski definition) is 2. The van der Waals surface area contributed by atoms with Crippen LogP contribution < -0.4 is 0 Å². The number of hydrogen-bond donors (Lipinski definition) is 1. The Morgan fingerprint density at radius 2 is 1.46 bits per heavy atom. The molecule has 0 radical (unpaired) electrons. The fourth-order valence-electron chi connectivity index (χ4n) is 3.48. The molecule has 3 heteroatoms. The molecule has 0 saturated carbocycles. The van der Waals surface area contributed by atoms with E-state index in [1.807, 2.05) is 6.07 Å². The second-order valence-electron chi connectivity index (χ2n) is 6.77. The average Bonchev–Trinajstić information content (AvgIpc) is 2.63. The first-order valence-electron chi connectivity index (χ1n) is 8.80. The summed E-state index contributed by atoms with van der Waals surface area (Å²) in [5.74, 6) is 0.260. The standard InChI is InChI=1S/C21H27NO.ClH/c1-17(16-22-14-6-3-7-15-22)21(23)20-12-10-19(11-13-20)18-8-4-2-5-9-18;/h2,4-5,8-13,17,21,23H,3,6-7,14-16H2,1H3;1H/t17-,21-;/m1./s1. The topological polar surface area (TPSA) is 23.5 Å². The molecule has 1 heterocycles. The zero-order valence-electron chi connectivity index (χ0n) is 14.4. The summed E-state index contributed by atoms with van der Waals surface area (Å²) in [6.45, 7) is 5.51. The molecule has 24 heavy (non-hydrogen) atoms. The molecular weight excluding hydrogens is 318 g/mol. The van der Waals surface area contributed by atoms with Crippen LogP contribution in [0.3, 0.4) is 0 Å². The van der Waals surface area contributed by atoms with Gasteiger partial charge < -0.3 is 10.0 Å². The number of rotatable bonds is 5. The number of aliphatic hydroxyl groups is 1. The highest BCUT2D eigenvalue weighted by Gasteiger charge is 2.20. The van der Waals surface area contributed by atoms with Gasteiger partial charge in [0.05, 0.1) is 6.10 Å². The normalized spacial score (nSPS) is 17.8. The summed E-state index contributed by atoms with van der Waals surface area (Å²) >= 11 is 0. The minimum absolute atomic E-state index is 0. The molecule has 1 aliphatic heterocycles. The Morgan fingerprint density at radius 3 is 2.08 bits per heavy atom. The summed E-state index contributed by atoms with van der Waals surface area (Å²) in [7, 11) is 0. The van der Waals surface area contributed by atoms with Crippen LogP contribution >= 0.6 is 12.4 Å². The van der Waals surface area contributed by atoms with Crippen LogP contribution in [0.2, 0.25) is 0 Å². The van der Waals surface area contributed by atoms with Crippen molar-refractivity contribution in [3.63, 3.8) is 0 Å². The molecule has 2 nitrogen and oxygen atoms in total. The van der Waals surface area contributed by atoms with Gasteiger partial charge in [0.25, 0.3) is 0 Å². The summed E-state index contributed by atoms with van der Waals surface area (Å²) in [6, 6.07) is 18.7. The van der Waals surface area contributed by atoms with Crippen molar-refractivity contribution in [1.29, 1.82) is 0 Å². The number of benzene rings is 2. The van der Waals surface area contributed by atoms with Crippen molar-refractivity contribution >= 4 is 12.4 Å². The number of piperidine rings is 1. The molecule has 0 aliphatic carbocycles. The molecule has 2 atom stereocenters. The van der Waals surface area contributed by atoms with Crippen molar-refractivity contribution in [2.45, 2.75) is 32.3 Å². The lowest BCUT2D eigenvalue weighted by Gasteiger charge is -2.31. The summed E-state index contributed by atoms with van der Waals surface area (Å²) in [6.07, 6.45) is 3.57. The third kappa shape index (κ3) is 4.83. The summed E-state index contributed by atoms with van der Waals surface area (Å²) in [5, 5.41) is 10.7.